The molecule has 0 spiro atoms. The second kappa shape index (κ2) is 7.81. The van der Waals surface area contributed by atoms with E-state index in [0.717, 1.165) is 66.4 Å². The van der Waals surface area contributed by atoms with Gasteiger partial charge in [-0.1, -0.05) is 30.3 Å². The third kappa shape index (κ3) is 3.58. The van der Waals surface area contributed by atoms with Crippen molar-refractivity contribution in [2.75, 3.05) is 6.54 Å². The zero-order chi connectivity index (χ0) is 23.7. The van der Waals surface area contributed by atoms with E-state index in [9.17, 15) is 4.79 Å². The third-order valence-electron chi connectivity index (χ3n) is 8.22. The first kappa shape index (κ1) is 20.9. The first-order valence-corrected chi connectivity index (χ1v) is 12.9. The van der Waals surface area contributed by atoms with Gasteiger partial charge >= 0.3 is 0 Å². The highest BCUT2D eigenvalue weighted by molar-refractivity contribution is 6.00. The zero-order valence-corrected chi connectivity index (χ0v) is 20.0. The van der Waals surface area contributed by atoms with Crippen LogP contribution in [0.15, 0.2) is 60.7 Å². The molecule has 2 saturated carbocycles. The van der Waals surface area contributed by atoms with Crippen molar-refractivity contribution in [2.45, 2.75) is 56.9 Å². The summed E-state index contributed by atoms with van der Waals surface area (Å²) in [5.74, 6) is 0.911. The van der Waals surface area contributed by atoms with Gasteiger partial charge in [0.05, 0.1) is 6.04 Å². The Morgan fingerprint density at radius 1 is 0.943 bits per heavy atom. The molecular formula is C31H29FN2O. The van der Waals surface area contributed by atoms with Crippen molar-refractivity contribution in [3.8, 4) is 11.3 Å². The summed E-state index contributed by atoms with van der Waals surface area (Å²) in [7, 11) is 0. The van der Waals surface area contributed by atoms with Crippen LogP contribution in [0.3, 0.4) is 0 Å². The highest BCUT2D eigenvalue weighted by Gasteiger charge is 2.31. The molecule has 0 radical (unpaired) electrons. The number of aromatic nitrogens is 1. The number of fused-ring (bicyclic) bond motifs is 2. The minimum absolute atomic E-state index is 0.0470. The van der Waals surface area contributed by atoms with Crippen LogP contribution in [-0.2, 0) is 6.42 Å². The number of H-pyrrole nitrogens is 1. The predicted molar refractivity (Wildman–Crippen MR) is 137 cm³/mol. The number of nitrogens with zero attached hydrogens (tertiary/aromatic N) is 1. The second-order valence-electron chi connectivity index (χ2n) is 10.6. The van der Waals surface area contributed by atoms with Gasteiger partial charge in [-0.2, -0.15) is 0 Å². The van der Waals surface area contributed by atoms with E-state index in [1.807, 2.05) is 17.0 Å². The van der Waals surface area contributed by atoms with Crippen LogP contribution in [0.5, 0.6) is 0 Å². The SMILES string of the molecule is CC1c2ccccc2CCN1C(=O)c1cc(C2CC2)c2cc(-c3ccc(C4CC4)cc3F)[nH]c2c1. The van der Waals surface area contributed by atoms with E-state index in [1.165, 1.54) is 16.7 Å². The molecule has 3 nitrogen and oxygen atoms in total. The molecule has 2 aliphatic carbocycles. The van der Waals surface area contributed by atoms with Crippen molar-refractivity contribution in [1.29, 1.82) is 0 Å². The average molecular weight is 465 g/mol. The number of aromatic amines is 1. The quantitative estimate of drug-likeness (QED) is 0.334. The van der Waals surface area contributed by atoms with E-state index in [1.54, 1.807) is 6.07 Å². The summed E-state index contributed by atoms with van der Waals surface area (Å²) >= 11 is 0. The standard InChI is InChI=1S/C31H29FN2O/c1-18-24-5-3-2-4-20(24)12-13-34(18)31(35)23-14-26(21-8-9-21)27-17-30(33-29(27)16-23)25-11-10-22(15-28(25)32)19-6-7-19/h2-5,10-11,14-19,21,33H,6-9,12-13H2,1H3. The average Bonchev–Trinajstić information content (AvgIpc) is 3.80. The molecule has 3 aromatic carbocycles. The predicted octanol–water partition coefficient (Wildman–Crippen LogP) is 7.49. The fourth-order valence-electron chi connectivity index (χ4n) is 5.90. The maximum atomic E-state index is 15.1. The fourth-order valence-corrected chi connectivity index (χ4v) is 5.90. The Kier molecular flexibility index (Phi) is 4.67. The Balaban J connectivity index is 1.27. The first-order valence-electron chi connectivity index (χ1n) is 12.9. The highest BCUT2D eigenvalue weighted by atomic mass is 19.1. The van der Waals surface area contributed by atoms with Crippen LogP contribution in [0, 0.1) is 5.82 Å². The summed E-state index contributed by atoms with van der Waals surface area (Å²) in [6.45, 7) is 2.85. The largest absolute Gasteiger partial charge is 0.354 e. The molecule has 1 aliphatic heterocycles. The summed E-state index contributed by atoms with van der Waals surface area (Å²) < 4.78 is 15.1. The van der Waals surface area contributed by atoms with Gasteiger partial charge in [0.1, 0.15) is 5.82 Å². The molecule has 35 heavy (non-hydrogen) atoms. The Morgan fingerprint density at radius 2 is 1.74 bits per heavy atom. The van der Waals surface area contributed by atoms with E-state index in [-0.39, 0.29) is 17.8 Å². The van der Waals surface area contributed by atoms with Gasteiger partial charge in [-0.3, -0.25) is 4.79 Å². The molecule has 0 bridgehead atoms. The van der Waals surface area contributed by atoms with Crippen LogP contribution >= 0.6 is 0 Å². The highest BCUT2D eigenvalue weighted by Crippen LogP contribution is 2.45. The van der Waals surface area contributed by atoms with Gasteiger partial charge in [-0.25, -0.2) is 4.39 Å². The first-order chi connectivity index (χ1) is 17.1. The molecule has 3 aliphatic rings. The minimum atomic E-state index is -0.175. The maximum Gasteiger partial charge on any atom is 0.254 e. The van der Waals surface area contributed by atoms with Crippen molar-refractivity contribution in [3.63, 3.8) is 0 Å². The number of hydrogen-bond acceptors (Lipinski definition) is 1. The zero-order valence-electron chi connectivity index (χ0n) is 20.0. The van der Waals surface area contributed by atoms with Crippen LogP contribution in [0.1, 0.15) is 83.1 Å². The summed E-state index contributed by atoms with van der Waals surface area (Å²) in [5, 5.41) is 1.11. The smallest absolute Gasteiger partial charge is 0.254 e. The molecule has 1 N–H and O–H groups in total. The van der Waals surface area contributed by atoms with Gasteiger partial charge in [0.2, 0.25) is 0 Å². The number of hydrogen-bond donors (Lipinski definition) is 1. The van der Waals surface area contributed by atoms with Gasteiger partial charge in [-0.05, 0) is 103 Å². The molecule has 1 unspecified atom stereocenters. The Labute approximate surface area is 205 Å². The fraction of sp³-hybridized carbons (Fsp3) is 0.323. The van der Waals surface area contributed by atoms with E-state index in [0.29, 0.717) is 17.4 Å². The van der Waals surface area contributed by atoms with Crippen LogP contribution in [0.2, 0.25) is 0 Å². The summed E-state index contributed by atoms with van der Waals surface area (Å²) in [4.78, 5) is 19.2. The van der Waals surface area contributed by atoms with Crippen LogP contribution in [0.4, 0.5) is 4.39 Å². The maximum absolute atomic E-state index is 15.1. The van der Waals surface area contributed by atoms with Crippen molar-refractivity contribution >= 4 is 16.8 Å². The van der Waals surface area contributed by atoms with Crippen molar-refractivity contribution in [3.05, 3.63) is 94.3 Å². The van der Waals surface area contributed by atoms with Crippen LogP contribution in [0.25, 0.3) is 22.2 Å². The van der Waals surface area contributed by atoms with E-state index >= 15 is 4.39 Å². The number of carbonyl (C=O) groups is 1. The molecule has 4 heteroatoms. The number of nitrogens with one attached hydrogen (secondary N) is 1. The van der Waals surface area contributed by atoms with Crippen LogP contribution < -0.4 is 0 Å². The van der Waals surface area contributed by atoms with E-state index in [2.05, 4.69) is 54.4 Å². The topological polar surface area (TPSA) is 36.1 Å². The normalized spacial score (nSPS) is 19.7. The molecule has 7 rings (SSSR count). The summed E-state index contributed by atoms with van der Waals surface area (Å²) in [6.07, 6.45) is 5.49. The van der Waals surface area contributed by atoms with E-state index < -0.39 is 0 Å². The number of amides is 1. The lowest BCUT2D eigenvalue weighted by atomic mass is 9.92. The van der Waals surface area contributed by atoms with Crippen molar-refractivity contribution in [1.82, 2.24) is 9.88 Å². The molecule has 2 fully saturated rings. The number of benzene rings is 3. The van der Waals surface area contributed by atoms with Gasteiger partial charge in [0, 0.05) is 34.3 Å². The monoisotopic (exact) mass is 464 g/mol. The summed E-state index contributed by atoms with van der Waals surface area (Å²) in [6, 6.07) is 20.3. The molecule has 1 aromatic heterocycles. The molecular weight excluding hydrogens is 435 g/mol. The number of halogens is 1. The lowest BCUT2D eigenvalue weighted by molar-refractivity contribution is 0.0677. The molecule has 0 saturated heterocycles. The lowest BCUT2D eigenvalue weighted by Crippen LogP contribution is -2.38. The summed E-state index contributed by atoms with van der Waals surface area (Å²) in [5.41, 5.74) is 7.92. The Bertz CT molecular complexity index is 1480. The lowest BCUT2D eigenvalue weighted by Gasteiger charge is -2.35. The van der Waals surface area contributed by atoms with Gasteiger partial charge < -0.3 is 9.88 Å². The molecule has 176 valence electrons. The number of carbonyl (C=O) groups excluding carboxylic acids is 1. The van der Waals surface area contributed by atoms with Crippen molar-refractivity contribution < 1.29 is 9.18 Å². The Hall–Kier alpha value is -3.40. The molecule has 1 atom stereocenters. The molecule has 2 heterocycles. The Morgan fingerprint density at radius 3 is 2.51 bits per heavy atom. The molecule has 1 amide bonds. The minimum Gasteiger partial charge on any atom is -0.354 e. The van der Waals surface area contributed by atoms with Gasteiger partial charge in [0.25, 0.3) is 5.91 Å². The van der Waals surface area contributed by atoms with Crippen molar-refractivity contribution in [2.24, 2.45) is 0 Å². The van der Waals surface area contributed by atoms with Gasteiger partial charge in [-0.15, -0.1) is 0 Å². The third-order valence-corrected chi connectivity index (χ3v) is 8.22. The second-order valence-corrected chi connectivity index (χ2v) is 10.6. The molecule has 4 aromatic rings. The number of rotatable bonds is 4. The van der Waals surface area contributed by atoms with E-state index in [4.69, 9.17) is 0 Å². The van der Waals surface area contributed by atoms with Gasteiger partial charge in [0.15, 0.2) is 0 Å². The van der Waals surface area contributed by atoms with Crippen LogP contribution in [-0.4, -0.2) is 22.3 Å².